The zero-order valence-electron chi connectivity index (χ0n) is 10.7. The van der Waals surface area contributed by atoms with Crippen LogP contribution in [0.4, 0.5) is 0 Å². The largest absolute Gasteiger partial charge is 0.368 e. The average molecular weight is 302 g/mol. The fourth-order valence-electron chi connectivity index (χ4n) is 2.47. The minimum absolute atomic E-state index is 0.0179. The number of amides is 1. The summed E-state index contributed by atoms with van der Waals surface area (Å²) in [6, 6.07) is 5.13. The standard InChI is InChI=1S/C13H17Cl2N3O/c1-8(10-3-2-9(14)6-11(10)15)18-5-4-17-7-12(18)13(16)19/h2-3,6,8,12,17H,4-5,7H2,1H3,(H2,16,19). The molecular weight excluding hydrogens is 285 g/mol. The molecule has 19 heavy (non-hydrogen) atoms. The second kappa shape index (κ2) is 6.09. The van der Waals surface area contributed by atoms with Gasteiger partial charge in [-0.3, -0.25) is 9.69 Å². The fraction of sp³-hybridized carbons (Fsp3) is 0.462. The van der Waals surface area contributed by atoms with E-state index < -0.39 is 0 Å². The number of piperazine rings is 1. The topological polar surface area (TPSA) is 58.4 Å². The van der Waals surface area contributed by atoms with Gasteiger partial charge in [0.1, 0.15) is 6.04 Å². The first-order chi connectivity index (χ1) is 9.00. The van der Waals surface area contributed by atoms with Gasteiger partial charge in [0, 0.05) is 35.7 Å². The van der Waals surface area contributed by atoms with Crippen LogP contribution in [0.15, 0.2) is 18.2 Å². The van der Waals surface area contributed by atoms with Crippen molar-refractivity contribution >= 4 is 29.1 Å². The smallest absolute Gasteiger partial charge is 0.236 e. The molecule has 0 aliphatic carbocycles. The van der Waals surface area contributed by atoms with Crippen molar-refractivity contribution in [1.29, 1.82) is 0 Å². The number of nitrogens with zero attached hydrogens (tertiary/aromatic N) is 1. The molecule has 0 aromatic heterocycles. The first-order valence-corrected chi connectivity index (χ1v) is 6.97. The van der Waals surface area contributed by atoms with Gasteiger partial charge in [-0.1, -0.05) is 29.3 Å². The maximum absolute atomic E-state index is 11.5. The van der Waals surface area contributed by atoms with Crippen molar-refractivity contribution in [2.24, 2.45) is 5.73 Å². The molecule has 0 spiro atoms. The Balaban J connectivity index is 2.25. The maximum atomic E-state index is 11.5. The monoisotopic (exact) mass is 301 g/mol. The molecule has 3 N–H and O–H groups in total. The number of benzene rings is 1. The predicted molar refractivity (Wildman–Crippen MR) is 77.4 cm³/mol. The quantitative estimate of drug-likeness (QED) is 0.895. The van der Waals surface area contributed by atoms with Crippen molar-refractivity contribution in [3.05, 3.63) is 33.8 Å². The van der Waals surface area contributed by atoms with Crippen LogP contribution in [-0.2, 0) is 4.79 Å². The summed E-state index contributed by atoms with van der Waals surface area (Å²) in [5.74, 6) is -0.316. The third kappa shape index (κ3) is 3.20. The molecule has 0 radical (unpaired) electrons. The normalized spacial score (nSPS) is 22.2. The number of carbonyl (C=O) groups is 1. The van der Waals surface area contributed by atoms with E-state index in [1.165, 1.54) is 0 Å². The molecule has 4 nitrogen and oxygen atoms in total. The summed E-state index contributed by atoms with van der Waals surface area (Å²) >= 11 is 12.1. The molecular formula is C13H17Cl2N3O. The van der Waals surface area contributed by atoms with Crippen LogP contribution in [0, 0.1) is 0 Å². The first kappa shape index (κ1) is 14.6. The number of primary amides is 1. The molecule has 6 heteroatoms. The Morgan fingerprint density at radius 1 is 1.53 bits per heavy atom. The number of carbonyl (C=O) groups excluding carboxylic acids is 1. The molecule has 1 aromatic rings. The van der Waals surface area contributed by atoms with Crippen molar-refractivity contribution in [1.82, 2.24) is 10.2 Å². The maximum Gasteiger partial charge on any atom is 0.236 e. The number of hydrogen-bond acceptors (Lipinski definition) is 3. The van der Waals surface area contributed by atoms with Crippen molar-refractivity contribution in [3.8, 4) is 0 Å². The lowest BCUT2D eigenvalue weighted by Gasteiger charge is -2.38. The molecule has 1 amide bonds. The van der Waals surface area contributed by atoms with Gasteiger partial charge in [0.2, 0.25) is 5.91 Å². The Morgan fingerprint density at radius 2 is 2.26 bits per heavy atom. The third-order valence-corrected chi connectivity index (χ3v) is 4.09. The van der Waals surface area contributed by atoms with Crippen LogP contribution in [0.5, 0.6) is 0 Å². The third-order valence-electron chi connectivity index (χ3n) is 3.52. The van der Waals surface area contributed by atoms with Crippen molar-refractivity contribution in [3.63, 3.8) is 0 Å². The number of rotatable bonds is 3. The van der Waals surface area contributed by atoms with Crippen LogP contribution in [0.2, 0.25) is 10.0 Å². The van der Waals surface area contributed by atoms with Gasteiger partial charge >= 0.3 is 0 Å². The van der Waals surface area contributed by atoms with Crippen LogP contribution in [0.3, 0.4) is 0 Å². The predicted octanol–water partition coefficient (Wildman–Crippen LogP) is 1.81. The second-order valence-electron chi connectivity index (χ2n) is 4.70. The SMILES string of the molecule is CC(c1ccc(Cl)cc1Cl)N1CCNCC1C(N)=O. The Bertz CT molecular complexity index is 481. The number of nitrogens with two attached hydrogens (primary N) is 1. The fourth-order valence-corrected chi connectivity index (χ4v) is 3.03. The van der Waals surface area contributed by atoms with E-state index in [2.05, 4.69) is 10.2 Å². The molecule has 1 aliphatic heterocycles. The molecule has 0 bridgehead atoms. The van der Waals surface area contributed by atoms with Crippen molar-refractivity contribution in [2.75, 3.05) is 19.6 Å². The summed E-state index contributed by atoms with van der Waals surface area (Å²) < 4.78 is 0. The van der Waals surface area contributed by atoms with Crippen LogP contribution in [0.25, 0.3) is 0 Å². The van der Waals surface area contributed by atoms with E-state index >= 15 is 0 Å². The Labute approximate surface area is 122 Å². The lowest BCUT2D eigenvalue weighted by molar-refractivity contribution is -0.124. The van der Waals surface area contributed by atoms with Gasteiger partial charge in [0.05, 0.1) is 0 Å². The Kier molecular flexibility index (Phi) is 4.68. The summed E-state index contributed by atoms with van der Waals surface area (Å²) in [4.78, 5) is 13.6. The summed E-state index contributed by atoms with van der Waals surface area (Å²) in [5.41, 5.74) is 6.42. The van der Waals surface area contributed by atoms with Gasteiger partial charge in [-0.15, -0.1) is 0 Å². The molecule has 1 heterocycles. The summed E-state index contributed by atoms with van der Waals surface area (Å²) in [7, 11) is 0. The summed E-state index contributed by atoms with van der Waals surface area (Å²) in [6.45, 7) is 4.19. The zero-order chi connectivity index (χ0) is 14.0. The van der Waals surface area contributed by atoms with Gasteiger partial charge in [-0.2, -0.15) is 0 Å². The number of nitrogens with one attached hydrogen (secondary N) is 1. The van der Waals surface area contributed by atoms with Gasteiger partial charge in [-0.25, -0.2) is 0 Å². The van der Waals surface area contributed by atoms with E-state index in [-0.39, 0.29) is 18.0 Å². The average Bonchev–Trinajstić information content (AvgIpc) is 2.38. The van der Waals surface area contributed by atoms with Crippen molar-refractivity contribution in [2.45, 2.75) is 19.0 Å². The van der Waals surface area contributed by atoms with Gasteiger partial charge in [0.25, 0.3) is 0 Å². The molecule has 0 saturated carbocycles. The van der Waals surface area contributed by atoms with Crippen molar-refractivity contribution < 1.29 is 4.79 Å². The van der Waals surface area contributed by atoms with Crippen LogP contribution < -0.4 is 11.1 Å². The highest BCUT2D eigenvalue weighted by atomic mass is 35.5. The molecule has 2 atom stereocenters. The lowest BCUT2D eigenvalue weighted by Crippen LogP contribution is -2.57. The van der Waals surface area contributed by atoms with E-state index in [1.807, 2.05) is 13.0 Å². The van der Waals surface area contributed by atoms with Crippen LogP contribution in [0.1, 0.15) is 18.5 Å². The van der Waals surface area contributed by atoms with E-state index in [9.17, 15) is 4.79 Å². The minimum Gasteiger partial charge on any atom is -0.368 e. The van der Waals surface area contributed by atoms with E-state index in [0.29, 0.717) is 16.6 Å². The molecule has 1 saturated heterocycles. The molecule has 2 rings (SSSR count). The summed E-state index contributed by atoms with van der Waals surface area (Å²) in [5, 5.41) is 4.40. The van der Waals surface area contributed by atoms with Crippen LogP contribution in [-0.4, -0.2) is 36.5 Å². The van der Waals surface area contributed by atoms with Gasteiger partial charge < -0.3 is 11.1 Å². The number of hydrogen-bond donors (Lipinski definition) is 2. The highest BCUT2D eigenvalue weighted by Crippen LogP contribution is 2.31. The lowest BCUT2D eigenvalue weighted by atomic mass is 10.0. The van der Waals surface area contributed by atoms with E-state index in [1.54, 1.807) is 12.1 Å². The Morgan fingerprint density at radius 3 is 2.89 bits per heavy atom. The zero-order valence-corrected chi connectivity index (χ0v) is 12.2. The molecule has 104 valence electrons. The minimum atomic E-state index is -0.316. The molecule has 1 fully saturated rings. The van der Waals surface area contributed by atoms with Gasteiger partial charge in [-0.05, 0) is 24.6 Å². The van der Waals surface area contributed by atoms with E-state index in [0.717, 1.165) is 18.7 Å². The molecule has 1 aromatic carbocycles. The Hall–Kier alpha value is -0.810. The first-order valence-electron chi connectivity index (χ1n) is 6.21. The highest BCUT2D eigenvalue weighted by Gasteiger charge is 2.31. The molecule has 1 aliphatic rings. The second-order valence-corrected chi connectivity index (χ2v) is 5.55. The summed E-state index contributed by atoms with van der Waals surface area (Å²) in [6.07, 6.45) is 0. The number of halogens is 2. The highest BCUT2D eigenvalue weighted by molar-refractivity contribution is 6.35. The molecule has 2 unspecified atom stereocenters. The van der Waals surface area contributed by atoms with Gasteiger partial charge in [0.15, 0.2) is 0 Å². The van der Waals surface area contributed by atoms with E-state index in [4.69, 9.17) is 28.9 Å². The van der Waals surface area contributed by atoms with Crippen LogP contribution >= 0.6 is 23.2 Å².